The third-order valence-electron chi connectivity index (χ3n) is 4.82. The van der Waals surface area contributed by atoms with E-state index in [0.29, 0.717) is 18.1 Å². The Morgan fingerprint density at radius 3 is 2.14 bits per heavy atom. The van der Waals surface area contributed by atoms with Gasteiger partial charge < -0.3 is 26.1 Å². The van der Waals surface area contributed by atoms with Crippen LogP contribution in [-0.4, -0.2) is 46.2 Å². The molecule has 2 rings (SSSR count). The van der Waals surface area contributed by atoms with Gasteiger partial charge >= 0.3 is 5.97 Å². The Kier molecular flexibility index (Phi) is 5.25. The van der Waals surface area contributed by atoms with Gasteiger partial charge in [0.05, 0.1) is 18.6 Å². The first-order valence-electron chi connectivity index (χ1n) is 8.14. The average molecular weight is 312 g/mol. The largest absolute Gasteiger partial charge is 0.481 e. The lowest BCUT2D eigenvalue weighted by Gasteiger charge is -2.39. The number of carbonyl (C=O) groups excluding carboxylic acids is 1. The number of aliphatic hydroxyl groups excluding tert-OH is 1. The van der Waals surface area contributed by atoms with E-state index < -0.39 is 23.7 Å². The summed E-state index contributed by atoms with van der Waals surface area (Å²) in [7, 11) is 0. The summed E-state index contributed by atoms with van der Waals surface area (Å²) < 4.78 is 0. The third kappa shape index (κ3) is 4.51. The van der Waals surface area contributed by atoms with Crippen molar-refractivity contribution in [1.82, 2.24) is 5.32 Å². The summed E-state index contributed by atoms with van der Waals surface area (Å²) in [6.45, 7) is 3.52. The van der Waals surface area contributed by atoms with Crippen LogP contribution < -0.4 is 11.1 Å². The molecule has 0 heterocycles. The van der Waals surface area contributed by atoms with Crippen LogP contribution in [0, 0.1) is 17.8 Å². The molecule has 2 saturated carbocycles. The first kappa shape index (κ1) is 17.4. The minimum Gasteiger partial charge on any atom is -0.481 e. The molecule has 3 atom stereocenters. The smallest absolute Gasteiger partial charge is 0.305 e. The van der Waals surface area contributed by atoms with Gasteiger partial charge in [-0.05, 0) is 57.3 Å². The summed E-state index contributed by atoms with van der Waals surface area (Å²) >= 11 is 0. The van der Waals surface area contributed by atoms with E-state index >= 15 is 0 Å². The molecule has 2 aliphatic carbocycles. The summed E-state index contributed by atoms with van der Waals surface area (Å²) in [5.41, 5.74) is 5.27. The van der Waals surface area contributed by atoms with Gasteiger partial charge in [0.1, 0.15) is 6.29 Å². The zero-order chi connectivity index (χ0) is 16.5. The van der Waals surface area contributed by atoms with Gasteiger partial charge in [0, 0.05) is 11.6 Å². The molecule has 0 aromatic heterocycles. The molecule has 6 heteroatoms. The predicted octanol–water partition coefficient (Wildman–Crippen LogP) is 0.521. The fourth-order valence-corrected chi connectivity index (χ4v) is 3.39. The highest BCUT2D eigenvalue weighted by Crippen LogP contribution is 2.51. The number of carboxylic acids is 1. The van der Waals surface area contributed by atoms with Crippen LogP contribution in [0.3, 0.4) is 0 Å². The standard InChI is InChI=1S/C16H28N2O4/c1-16(2,17)15(22)14(18-11(8-19)7-12(20)21)13(9-3-4-9)10-5-6-10/h8-11,13-15,18,22H,3-7,17H2,1-2H3,(H,20,21)/t11-,14?,15?/m1/s1. The lowest BCUT2D eigenvalue weighted by Crippen LogP contribution is -2.61. The fraction of sp³-hybridized carbons (Fsp3) is 0.875. The van der Waals surface area contributed by atoms with Gasteiger partial charge in [-0.1, -0.05) is 0 Å². The number of rotatable bonds is 10. The van der Waals surface area contributed by atoms with Crippen molar-refractivity contribution in [3.05, 3.63) is 0 Å². The van der Waals surface area contributed by atoms with E-state index in [4.69, 9.17) is 10.8 Å². The Hall–Kier alpha value is -0.980. The highest BCUT2D eigenvalue weighted by atomic mass is 16.4. The van der Waals surface area contributed by atoms with E-state index in [1.54, 1.807) is 13.8 Å². The SMILES string of the molecule is CC(C)(N)C(O)C(N[C@@H](C=O)CC(=O)O)C(C1CC1)C1CC1. The van der Waals surface area contributed by atoms with Crippen LogP contribution in [-0.2, 0) is 9.59 Å². The lowest BCUT2D eigenvalue weighted by molar-refractivity contribution is -0.138. The van der Waals surface area contributed by atoms with E-state index in [2.05, 4.69) is 5.32 Å². The molecular formula is C16H28N2O4. The first-order chi connectivity index (χ1) is 10.2. The molecule has 0 spiro atoms. The molecule has 0 aromatic rings. The number of hydrogen-bond donors (Lipinski definition) is 4. The minimum atomic E-state index is -1.03. The van der Waals surface area contributed by atoms with Gasteiger partial charge in [0.25, 0.3) is 0 Å². The van der Waals surface area contributed by atoms with Gasteiger partial charge in [-0.15, -0.1) is 0 Å². The van der Waals surface area contributed by atoms with Crippen LogP contribution >= 0.6 is 0 Å². The molecule has 5 N–H and O–H groups in total. The molecule has 0 radical (unpaired) electrons. The molecule has 2 aliphatic rings. The van der Waals surface area contributed by atoms with Crippen LogP contribution in [0.25, 0.3) is 0 Å². The van der Waals surface area contributed by atoms with Crippen LogP contribution in [0.15, 0.2) is 0 Å². The summed E-state index contributed by atoms with van der Waals surface area (Å²) in [5.74, 6) is 0.353. The van der Waals surface area contributed by atoms with Crippen molar-refractivity contribution in [3.8, 4) is 0 Å². The molecule has 6 nitrogen and oxygen atoms in total. The highest BCUT2D eigenvalue weighted by Gasteiger charge is 2.49. The van der Waals surface area contributed by atoms with Crippen LogP contribution in [0.1, 0.15) is 46.0 Å². The molecule has 0 saturated heterocycles. The number of carboxylic acid groups (broad SMARTS) is 1. The van der Waals surface area contributed by atoms with Crippen molar-refractivity contribution in [3.63, 3.8) is 0 Å². The van der Waals surface area contributed by atoms with Crippen LogP contribution in [0.4, 0.5) is 0 Å². The lowest BCUT2D eigenvalue weighted by atomic mass is 9.79. The number of carbonyl (C=O) groups is 2. The zero-order valence-electron chi connectivity index (χ0n) is 13.4. The van der Waals surface area contributed by atoms with Gasteiger partial charge in [-0.2, -0.15) is 0 Å². The Labute approximate surface area is 131 Å². The number of hydrogen-bond acceptors (Lipinski definition) is 5. The van der Waals surface area contributed by atoms with Crippen molar-refractivity contribution in [2.45, 2.75) is 69.7 Å². The van der Waals surface area contributed by atoms with E-state index in [9.17, 15) is 14.7 Å². The number of aliphatic carboxylic acids is 1. The summed E-state index contributed by atoms with van der Waals surface area (Å²) in [6.07, 6.45) is 4.08. The molecule has 0 bridgehead atoms. The molecule has 0 aromatic carbocycles. The van der Waals surface area contributed by atoms with Gasteiger partial charge in [0.15, 0.2) is 0 Å². The highest BCUT2D eigenvalue weighted by molar-refractivity contribution is 5.73. The summed E-state index contributed by atoms with van der Waals surface area (Å²) in [6, 6.07) is -1.13. The average Bonchev–Trinajstić information content (AvgIpc) is 3.27. The molecule has 2 unspecified atom stereocenters. The second kappa shape index (κ2) is 6.64. The zero-order valence-corrected chi connectivity index (χ0v) is 13.4. The van der Waals surface area contributed by atoms with Crippen LogP contribution in [0.2, 0.25) is 0 Å². The quantitative estimate of drug-likeness (QED) is 0.438. The maximum Gasteiger partial charge on any atom is 0.305 e. The van der Waals surface area contributed by atoms with Crippen molar-refractivity contribution in [2.24, 2.45) is 23.5 Å². The number of nitrogens with one attached hydrogen (secondary N) is 1. The Bertz CT molecular complexity index is 401. The predicted molar refractivity (Wildman–Crippen MR) is 82.2 cm³/mol. The number of aliphatic hydroxyl groups is 1. The Balaban J connectivity index is 2.16. The van der Waals surface area contributed by atoms with Crippen molar-refractivity contribution >= 4 is 12.3 Å². The second-order valence-corrected chi connectivity index (χ2v) is 7.55. The molecule has 126 valence electrons. The molecule has 0 aliphatic heterocycles. The normalized spacial score (nSPS) is 23.1. The maximum atomic E-state index is 11.2. The number of aldehydes is 1. The summed E-state index contributed by atoms with van der Waals surface area (Å²) in [4.78, 5) is 22.1. The van der Waals surface area contributed by atoms with E-state index in [0.717, 1.165) is 25.7 Å². The Morgan fingerprint density at radius 2 is 1.82 bits per heavy atom. The van der Waals surface area contributed by atoms with E-state index in [1.165, 1.54) is 0 Å². The van der Waals surface area contributed by atoms with E-state index in [1.807, 2.05) is 0 Å². The molecule has 0 amide bonds. The first-order valence-corrected chi connectivity index (χ1v) is 8.14. The van der Waals surface area contributed by atoms with E-state index in [-0.39, 0.29) is 18.4 Å². The fourth-order valence-electron chi connectivity index (χ4n) is 3.39. The molecule has 2 fully saturated rings. The molecular weight excluding hydrogens is 284 g/mol. The topological polar surface area (TPSA) is 113 Å². The summed E-state index contributed by atoms with van der Waals surface area (Å²) in [5, 5.41) is 22.7. The van der Waals surface area contributed by atoms with Gasteiger partial charge in [-0.25, -0.2) is 0 Å². The number of nitrogens with two attached hydrogens (primary N) is 1. The van der Waals surface area contributed by atoms with Crippen molar-refractivity contribution < 1.29 is 19.8 Å². The monoisotopic (exact) mass is 312 g/mol. The maximum absolute atomic E-state index is 11.2. The van der Waals surface area contributed by atoms with Crippen LogP contribution in [0.5, 0.6) is 0 Å². The van der Waals surface area contributed by atoms with Gasteiger partial charge in [-0.3, -0.25) is 4.79 Å². The third-order valence-corrected chi connectivity index (χ3v) is 4.82. The minimum absolute atomic E-state index is 0.272. The Morgan fingerprint density at radius 1 is 1.32 bits per heavy atom. The van der Waals surface area contributed by atoms with Crippen molar-refractivity contribution in [2.75, 3.05) is 0 Å². The van der Waals surface area contributed by atoms with Crippen molar-refractivity contribution in [1.29, 1.82) is 0 Å². The molecule has 22 heavy (non-hydrogen) atoms. The second-order valence-electron chi connectivity index (χ2n) is 7.55. The van der Waals surface area contributed by atoms with Gasteiger partial charge in [0.2, 0.25) is 0 Å².